The van der Waals surface area contributed by atoms with Crippen LogP contribution in [-0.2, 0) is 14.8 Å². The van der Waals surface area contributed by atoms with Crippen LogP contribution in [-0.4, -0.2) is 20.9 Å². The molecule has 6 heteroatoms. The number of nitrogens with one attached hydrogen (secondary N) is 1. The predicted molar refractivity (Wildman–Crippen MR) is 112 cm³/mol. The molecule has 0 saturated carbocycles. The zero-order valence-corrected chi connectivity index (χ0v) is 16.7. The number of anilines is 2. The van der Waals surface area contributed by atoms with Crippen LogP contribution in [0.2, 0.25) is 0 Å². The summed E-state index contributed by atoms with van der Waals surface area (Å²) < 4.78 is 27.3. The lowest BCUT2D eigenvalue weighted by Gasteiger charge is -2.18. The Hall–Kier alpha value is -2.86. The van der Waals surface area contributed by atoms with Gasteiger partial charge in [-0.1, -0.05) is 30.3 Å². The lowest BCUT2D eigenvalue weighted by molar-refractivity contribution is -0.116. The maximum absolute atomic E-state index is 12.9. The number of amides is 1. The highest BCUT2D eigenvalue weighted by Gasteiger charge is 2.34. The van der Waals surface area contributed by atoms with Gasteiger partial charge in [0.1, 0.15) is 0 Å². The Labute approximate surface area is 165 Å². The second kappa shape index (κ2) is 6.95. The molecule has 3 aromatic carbocycles. The van der Waals surface area contributed by atoms with Crippen molar-refractivity contribution in [1.29, 1.82) is 0 Å². The number of benzene rings is 3. The fraction of sp³-hybridized carbons (Fsp3) is 0.227. The third kappa shape index (κ3) is 3.24. The van der Waals surface area contributed by atoms with Gasteiger partial charge in [-0.25, -0.2) is 8.42 Å². The number of carbonyl (C=O) groups excluding carboxylic acids is 1. The van der Waals surface area contributed by atoms with E-state index in [1.54, 1.807) is 12.1 Å². The molecule has 0 aliphatic carbocycles. The van der Waals surface area contributed by atoms with Gasteiger partial charge >= 0.3 is 0 Å². The quantitative estimate of drug-likeness (QED) is 0.698. The average Bonchev–Trinajstić information content (AvgIpc) is 2.84. The van der Waals surface area contributed by atoms with Gasteiger partial charge in [0, 0.05) is 24.0 Å². The summed E-state index contributed by atoms with van der Waals surface area (Å²) in [7, 11) is -3.56. The average molecular weight is 394 g/mol. The van der Waals surface area contributed by atoms with E-state index in [1.165, 1.54) is 4.31 Å². The Morgan fingerprint density at radius 2 is 1.68 bits per heavy atom. The van der Waals surface area contributed by atoms with Gasteiger partial charge in [-0.15, -0.1) is 0 Å². The van der Waals surface area contributed by atoms with Crippen LogP contribution in [0.5, 0.6) is 0 Å². The molecule has 1 aliphatic rings. The lowest BCUT2D eigenvalue weighted by atomic mass is 10.1. The molecule has 0 atom stereocenters. The van der Waals surface area contributed by atoms with E-state index < -0.39 is 10.0 Å². The second-order valence-electron chi connectivity index (χ2n) is 7.24. The Morgan fingerprint density at radius 1 is 1.00 bits per heavy atom. The van der Waals surface area contributed by atoms with Crippen molar-refractivity contribution in [3.05, 3.63) is 65.7 Å². The highest BCUT2D eigenvalue weighted by molar-refractivity contribution is 7.93. The topological polar surface area (TPSA) is 66.5 Å². The van der Waals surface area contributed by atoms with Crippen molar-refractivity contribution in [2.75, 3.05) is 16.2 Å². The Kier molecular flexibility index (Phi) is 4.59. The van der Waals surface area contributed by atoms with Gasteiger partial charge in [0.15, 0.2) is 0 Å². The van der Waals surface area contributed by atoms with Gasteiger partial charge in [-0.3, -0.25) is 9.10 Å². The van der Waals surface area contributed by atoms with Crippen LogP contribution in [0, 0.1) is 13.8 Å². The van der Waals surface area contributed by atoms with Crippen molar-refractivity contribution in [3.63, 3.8) is 0 Å². The van der Waals surface area contributed by atoms with Crippen molar-refractivity contribution in [1.82, 2.24) is 0 Å². The number of hydrogen-bond acceptors (Lipinski definition) is 3. The van der Waals surface area contributed by atoms with Gasteiger partial charge in [-0.2, -0.15) is 0 Å². The van der Waals surface area contributed by atoms with E-state index >= 15 is 0 Å². The van der Waals surface area contributed by atoms with E-state index in [9.17, 15) is 13.2 Å². The molecule has 1 aliphatic heterocycles. The Morgan fingerprint density at radius 3 is 2.39 bits per heavy atom. The molecule has 0 radical (unpaired) electrons. The molecule has 1 amide bonds. The van der Waals surface area contributed by atoms with E-state index in [1.807, 2.05) is 56.3 Å². The summed E-state index contributed by atoms with van der Waals surface area (Å²) in [5.74, 6) is -0.114. The molecule has 0 aromatic heterocycles. The SMILES string of the molecule is Cc1cc(C)cc(NC(=O)CCCN2c3cccc4cccc(c34)S2(=O)=O)c1. The third-order valence-electron chi connectivity index (χ3n) is 4.95. The summed E-state index contributed by atoms with van der Waals surface area (Å²) in [6, 6.07) is 16.8. The number of rotatable bonds is 5. The molecular formula is C22H22N2O3S. The van der Waals surface area contributed by atoms with Crippen LogP contribution >= 0.6 is 0 Å². The first kappa shape index (κ1) is 18.5. The fourth-order valence-electron chi connectivity index (χ4n) is 3.85. The van der Waals surface area contributed by atoms with Gasteiger partial charge in [0.2, 0.25) is 5.91 Å². The summed E-state index contributed by atoms with van der Waals surface area (Å²) >= 11 is 0. The molecule has 0 spiro atoms. The van der Waals surface area contributed by atoms with E-state index in [0.29, 0.717) is 17.0 Å². The molecule has 144 valence electrons. The Bertz CT molecular complexity index is 1160. The zero-order chi connectivity index (χ0) is 19.9. The van der Waals surface area contributed by atoms with Crippen molar-refractivity contribution in [3.8, 4) is 0 Å². The van der Waals surface area contributed by atoms with E-state index in [-0.39, 0.29) is 18.9 Å². The molecule has 0 saturated heterocycles. The van der Waals surface area contributed by atoms with Crippen LogP contribution < -0.4 is 9.62 Å². The van der Waals surface area contributed by atoms with Crippen molar-refractivity contribution in [2.24, 2.45) is 0 Å². The molecular weight excluding hydrogens is 372 g/mol. The summed E-state index contributed by atoms with van der Waals surface area (Å²) in [5.41, 5.74) is 3.64. The highest BCUT2D eigenvalue weighted by atomic mass is 32.2. The summed E-state index contributed by atoms with van der Waals surface area (Å²) in [4.78, 5) is 12.6. The monoisotopic (exact) mass is 394 g/mol. The maximum Gasteiger partial charge on any atom is 0.265 e. The number of hydrogen-bond donors (Lipinski definition) is 1. The number of carbonyl (C=O) groups is 1. The van der Waals surface area contributed by atoms with Gasteiger partial charge in [-0.05, 0) is 61.0 Å². The summed E-state index contributed by atoms with van der Waals surface area (Å²) in [6.45, 7) is 4.24. The molecule has 1 heterocycles. The normalized spacial score (nSPS) is 14.4. The minimum Gasteiger partial charge on any atom is -0.326 e. The largest absolute Gasteiger partial charge is 0.326 e. The number of aryl methyl sites for hydroxylation is 2. The predicted octanol–water partition coefficient (Wildman–Crippen LogP) is 4.38. The number of sulfonamides is 1. The smallest absolute Gasteiger partial charge is 0.265 e. The van der Waals surface area contributed by atoms with Crippen LogP contribution in [0.1, 0.15) is 24.0 Å². The first-order valence-corrected chi connectivity index (χ1v) is 10.7. The first-order chi connectivity index (χ1) is 13.4. The molecule has 3 aromatic rings. The zero-order valence-electron chi connectivity index (χ0n) is 15.9. The molecule has 0 fully saturated rings. The van der Waals surface area contributed by atoms with Gasteiger partial charge in [0.05, 0.1) is 10.6 Å². The molecule has 4 rings (SSSR count). The molecule has 0 bridgehead atoms. The molecule has 28 heavy (non-hydrogen) atoms. The van der Waals surface area contributed by atoms with Crippen molar-refractivity contribution >= 4 is 38.1 Å². The fourth-order valence-corrected chi connectivity index (χ4v) is 5.60. The van der Waals surface area contributed by atoms with Crippen LogP contribution in [0.4, 0.5) is 11.4 Å². The van der Waals surface area contributed by atoms with E-state index in [2.05, 4.69) is 5.32 Å². The molecule has 1 N–H and O–H groups in total. The minimum atomic E-state index is -3.56. The second-order valence-corrected chi connectivity index (χ2v) is 9.07. The summed E-state index contributed by atoms with van der Waals surface area (Å²) in [6.07, 6.45) is 0.700. The van der Waals surface area contributed by atoms with Crippen molar-refractivity contribution in [2.45, 2.75) is 31.6 Å². The van der Waals surface area contributed by atoms with Crippen LogP contribution in [0.3, 0.4) is 0 Å². The van der Waals surface area contributed by atoms with Crippen LogP contribution in [0.15, 0.2) is 59.5 Å². The molecule has 0 unspecified atom stereocenters. The van der Waals surface area contributed by atoms with Gasteiger partial charge in [0.25, 0.3) is 10.0 Å². The van der Waals surface area contributed by atoms with Crippen molar-refractivity contribution < 1.29 is 13.2 Å². The lowest BCUT2D eigenvalue weighted by Crippen LogP contribution is -2.28. The third-order valence-corrected chi connectivity index (χ3v) is 6.81. The van der Waals surface area contributed by atoms with Crippen LogP contribution in [0.25, 0.3) is 10.8 Å². The Balaban J connectivity index is 1.46. The van der Waals surface area contributed by atoms with Gasteiger partial charge < -0.3 is 5.32 Å². The molecule has 5 nitrogen and oxygen atoms in total. The summed E-state index contributed by atoms with van der Waals surface area (Å²) in [5, 5.41) is 4.58. The standard InChI is InChI=1S/C22H22N2O3S/c1-15-12-16(2)14-18(13-15)23-21(25)10-5-11-24-19-8-3-6-17-7-4-9-20(22(17)19)28(24,26)27/h3-4,6-9,12-14H,5,10-11H2,1-2H3,(H,23,25). The van der Waals surface area contributed by atoms with E-state index in [0.717, 1.165) is 27.6 Å². The highest BCUT2D eigenvalue weighted by Crippen LogP contribution is 2.41. The van der Waals surface area contributed by atoms with E-state index in [4.69, 9.17) is 0 Å². The maximum atomic E-state index is 12.9. The minimum absolute atomic E-state index is 0.114. The number of nitrogens with zero attached hydrogens (tertiary/aromatic N) is 1. The first-order valence-electron chi connectivity index (χ1n) is 9.29.